The van der Waals surface area contributed by atoms with E-state index < -0.39 is 5.97 Å². The Balaban J connectivity index is 2.16. The van der Waals surface area contributed by atoms with E-state index in [1.165, 1.54) is 30.1 Å². The average Bonchev–Trinajstić information content (AvgIpc) is 2.52. The van der Waals surface area contributed by atoms with E-state index in [1.807, 2.05) is 0 Å². The molecule has 0 bridgehead atoms. The van der Waals surface area contributed by atoms with Crippen molar-refractivity contribution in [1.82, 2.24) is 9.97 Å². The monoisotopic (exact) mass is 306 g/mol. The lowest BCUT2D eigenvalue weighted by atomic mass is 10.3. The molecule has 2 heterocycles. The van der Waals surface area contributed by atoms with Crippen LogP contribution < -0.4 is 9.47 Å². The highest BCUT2D eigenvalue weighted by Crippen LogP contribution is 2.32. The van der Waals surface area contributed by atoms with E-state index in [2.05, 4.69) is 9.97 Å². The van der Waals surface area contributed by atoms with Gasteiger partial charge in [-0.05, 0) is 12.1 Å². The van der Waals surface area contributed by atoms with E-state index in [0.717, 1.165) is 0 Å². The molecule has 0 saturated heterocycles. The largest absolute Gasteiger partial charge is 0.493 e. The van der Waals surface area contributed by atoms with Gasteiger partial charge in [-0.2, -0.15) is 0 Å². The highest BCUT2D eigenvalue weighted by Gasteiger charge is 2.12. The quantitative estimate of drug-likeness (QED) is 0.821. The van der Waals surface area contributed by atoms with Gasteiger partial charge in [0.15, 0.2) is 11.5 Å². The highest BCUT2D eigenvalue weighted by molar-refractivity contribution is 7.98. The van der Waals surface area contributed by atoms with E-state index in [9.17, 15) is 4.79 Å². The van der Waals surface area contributed by atoms with Crippen LogP contribution in [0.4, 0.5) is 0 Å². The van der Waals surface area contributed by atoms with Crippen LogP contribution >= 0.6 is 11.8 Å². The Hall–Kier alpha value is -2.28. The van der Waals surface area contributed by atoms with Gasteiger partial charge in [0.1, 0.15) is 0 Å². The Kier molecular flexibility index (Phi) is 4.99. The van der Waals surface area contributed by atoms with Gasteiger partial charge in [0, 0.05) is 24.2 Å². The molecule has 2 aromatic rings. The lowest BCUT2D eigenvalue weighted by Crippen LogP contribution is -1.99. The number of hydrogen-bond donors (Lipinski definition) is 1. The number of carboxylic acid groups (broad SMARTS) is 1. The third-order valence-corrected chi connectivity index (χ3v) is 3.64. The summed E-state index contributed by atoms with van der Waals surface area (Å²) < 4.78 is 10.5. The van der Waals surface area contributed by atoms with Crippen molar-refractivity contribution in [2.75, 3.05) is 14.2 Å². The summed E-state index contributed by atoms with van der Waals surface area (Å²) in [6.07, 6.45) is 3.11. The number of methoxy groups -OCH3 is 2. The molecule has 0 aliphatic rings. The zero-order valence-electron chi connectivity index (χ0n) is 11.6. The second-order valence-electron chi connectivity index (χ2n) is 3.97. The smallest absolute Gasteiger partial charge is 0.335 e. The molecule has 1 N–H and O–H groups in total. The fraction of sp³-hybridized carbons (Fsp3) is 0.214. The third-order valence-electron chi connectivity index (χ3n) is 2.70. The fourth-order valence-electron chi connectivity index (χ4n) is 1.72. The van der Waals surface area contributed by atoms with Crippen molar-refractivity contribution in [2.45, 2.75) is 10.8 Å². The minimum absolute atomic E-state index is 0.207. The zero-order chi connectivity index (χ0) is 15.2. The van der Waals surface area contributed by atoms with E-state index in [0.29, 0.717) is 28.0 Å². The number of hydrogen-bond acceptors (Lipinski definition) is 6. The first-order chi connectivity index (χ1) is 10.2. The van der Waals surface area contributed by atoms with Crippen molar-refractivity contribution in [3.05, 3.63) is 41.9 Å². The molecule has 0 spiro atoms. The number of carbonyl (C=O) groups is 1. The molecule has 0 unspecified atom stereocenters. The molecule has 7 heteroatoms. The van der Waals surface area contributed by atoms with Gasteiger partial charge in [0.05, 0.1) is 30.5 Å². The first-order valence-electron chi connectivity index (χ1n) is 6.03. The van der Waals surface area contributed by atoms with Gasteiger partial charge in [-0.1, -0.05) is 11.8 Å². The first kappa shape index (κ1) is 15.1. The lowest BCUT2D eigenvalue weighted by Gasteiger charge is -2.11. The third kappa shape index (κ3) is 3.63. The number of aromatic nitrogens is 2. The predicted molar refractivity (Wildman–Crippen MR) is 78.1 cm³/mol. The van der Waals surface area contributed by atoms with Crippen LogP contribution in [0, 0.1) is 0 Å². The Labute approximate surface area is 126 Å². The summed E-state index contributed by atoms with van der Waals surface area (Å²) in [5.74, 6) is 0.699. The van der Waals surface area contributed by atoms with E-state index in [1.54, 1.807) is 26.5 Å². The van der Waals surface area contributed by atoms with E-state index in [4.69, 9.17) is 14.6 Å². The molecule has 6 nitrogen and oxygen atoms in total. The summed E-state index contributed by atoms with van der Waals surface area (Å²) in [5.41, 5.74) is 0.919. The maximum Gasteiger partial charge on any atom is 0.335 e. The average molecular weight is 306 g/mol. The van der Waals surface area contributed by atoms with Crippen molar-refractivity contribution in [3.8, 4) is 11.5 Å². The van der Waals surface area contributed by atoms with Crippen LogP contribution in [0.15, 0.2) is 35.6 Å². The van der Waals surface area contributed by atoms with Crippen LogP contribution in [0.5, 0.6) is 11.5 Å². The number of carboxylic acids is 1. The maximum atomic E-state index is 10.9. The SMILES string of the molecule is COc1ccnc(CSc2cc(C(=O)O)ccn2)c1OC. The van der Waals surface area contributed by atoms with Gasteiger partial charge in [0.2, 0.25) is 0 Å². The predicted octanol–water partition coefficient (Wildman–Crippen LogP) is 2.48. The number of aromatic carboxylic acids is 1. The number of rotatable bonds is 6. The molecule has 0 radical (unpaired) electrons. The zero-order valence-corrected chi connectivity index (χ0v) is 12.4. The standard InChI is InChI=1S/C14H14N2O4S/c1-19-11-4-6-15-10(13(11)20-2)8-21-12-7-9(14(17)18)3-5-16-12/h3-7H,8H2,1-2H3,(H,17,18). The van der Waals surface area contributed by atoms with Gasteiger partial charge in [-0.25, -0.2) is 9.78 Å². The van der Waals surface area contributed by atoms with Crippen LogP contribution in [0.25, 0.3) is 0 Å². The molecule has 0 aliphatic heterocycles. The number of nitrogens with zero attached hydrogens (tertiary/aromatic N) is 2. The molecule has 0 saturated carbocycles. The second kappa shape index (κ2) is 6.94. The van der Waals surface area contributed by atoms with Crippen LogP contribution in [-0.4, -0.2) is 35.3 Å². The van der Waals surface area contributed by atoms with Gasteiger partial charge < -0.3 is 14.6 Å². The van der Waals surface area contributed by atoms with Crippen LogP contribution in [0.3, 0.4) is 0 Å². The van der Waals surface area contributed by atoms with Gasteiger partial charge >= 0.3 is 5.97 Å². The Morgan fingerprint density at radius 2 is 2.00 bits per heavy atom. The molecule has 0 atom stereocenters. The van der Waals surface area contributed by atoms with Crippen molar-refractivity contribution in [1.29, 1.82) is 0 Å². The number of thioether (sulfide) groups is 1. The summed E-state index contributed by atoms with van der Waals surface area (Å²) in [7, 11) is 3.11. The Morgan fingerprint density at radius 1 is 1.24 bits per heavy atom. The number of ether oxygens (including phenoxy) is 2. The summed E-state index contributed by atoms with van der Waals surface area (Å²) in [5, 5.41) is 9.57. The normalized spacial score (nSPS) is 10.2. The van der Waals surface area contributed by atoms with Gasteiger partial charge in [-0.3, -0.25) is 4.98 Å². The maximum absolute atomic E-state index is 10.9. The van der Waals surface area contributed by atoms with Gasteiger partial charge in [-0.15, -0.1) is 0 Å². The van der Waals surface area contributed by atoms with Gasteiger partial charge in [0.25, 0.3) is 0 Å². The summed E-state index contributed by atoms with van der Waals surface area (Å²) in [6.45, 7) is 0. The molecule has 2 rings (SSSR count). The van der Waals surface area contributed by atoms with Crippen LogP contribution in [-0.2, 0) is 5.75 Å². The molecule has 0 fully saturated rings. The molecular weight excluding hydrogens is 292 g/mol. The molecule has 2 aromatic heterocycles. The molecule has 0 aliphatic carbocycles. The minimum Gasteiger partial charge on any atom is -0.493 e. The van der Waals surface area contributed by atoms with Crippen molar-refractivity contribution >= 4 is 17.7 Å². The Bertz CT molecular complexity index is 649. The minimum atomic E-state index is -0.976. The first-order valence-corrected chi connectivity index (χ1v) is 7.02. The molecular formula is C14H14N2O4S. The fourth-order valence-corrected chi connectivity index (χ4v) is 2.55. The highest BCUT2D eigenvalue weighted by atomic mass is 32.2. The van der Waals surface area contributed by atoms with Crippen LogP contribution in [0.2, 0.25) is 0 Å². The summed E-state index contributed by atoms with van der Waals surface area (Å²) in [4.78, 5) is 19.3. The summed E-state index contributed by atoms with van der Waals surface area (Å²) in [6, 6.07) is 4.70. The van der Waals surface area contributed by atoms with Crippen molar-refractivity contribution < 1.29 is 19.4 Å². The summed E-state index contributed by atoms with van der Waals surface area (Å²) >= 11 is 1.38. The Morgan fingerprint density at radius 3 is 2.67 bits per heavy atom. The number of pyridine rings is 2. The van der Waals surface area contributed by atoms with E-state index >= 15 is 0 Å². The molecule has 110 valence electrons. The molecule has 0 amide bonds. The lowest BCUT2D eigenvalue weighted by molar-refractivity contribution is 0.0696. The molecule has 0 aromatic carbocycles. The van der Waals surface area contributed by atoms with Crippen molar-refractivity contribution in [3.63, 3.8) is 0 Å². The van der Waals surface area contributed by atoms with Crippen molar-refractivity contribution in [2.24, 2.45) is 0 Å². The van der Waals surface area contributed by atoms with E-state index in [-0.39, 0.29) is 5.56 Å². The second-order valence-corrected chi connectivity index (χ2v) is 4.97. The van der Waals surface area contributed by atoms with Crippen LogP contribution in [0.1, 0.15) is 16.1 Å². The topological polar surface area (TPSA) is 81.5 Å². The molecule has 21 heavy (non-hydrogen) atoms.